The quantitative estimate of drug-likeness (QED) is 0.452. The summed E-state index contributed by atoms with van der Waals surface area (Å²) < 4.78 is 61.1. The molecule has 2 aromatic rings. The number of benzene rings is 1. The van der Waals surface area contributed by atoms with Gasteiger partial charge in [0.25, 0.3) is 0 Å². The number of fused-ring (bicyclic) bond motifs is 1. The highest BCUT2D eigenvalue weighted by Gasteiger charge is 2.36. The van der Waals surface area contributed by atoms with Crippen molar-refractivity contribution >= 4 is 26.7 Å². The van der Waals surface area contributed by atoms with E-state index in [1.165, 1.54) is 16.6 Å². The Labute approximate surface area is 126 Å². The minimum absolute atomic E-state index is 1.23. The molecule has 1 heterocycles. The molecule has 1 aromatic heterocycles. The van der Waals surface area contributed by atoms with Crippen molar-refractivity contribution < 1.29 is 30.7 Å². The van der Waals surface area contributed by atoms with Gasteiger partial charge in [0.15, 0.2) is 16.3 Å². The number of hydrogen-bond donors (Lipinski definition) is 0. The van der Waals surface area contributed by atoms with Gasteiger partial charge in [-0.3, -0.25) is 0 Å². The van der Waals surface area contributed by atoms with Crippen LogP contribution in [-0.2, 0) is 17.2 Å². The SMILES string of the molecule is CN(C)c1cc2ccccc2[n+](C)c1.O=S(=O)([O-])C(F)(F)F. The van der Waals surface area contributed by atoms with Gasteiger partial charge in [-0.2, -0.15) is 17.7 Å². The van der Waals surface area contributed by atoms with E-state index in [9.17, 15) is 13.2 Å². The van der Waals surface area contributed by atoms with Gasteiger partial charge in [-0.25, -0.2) is 8.42 Å². The van der Waals surface area contributed by atoms with Crippen molar-refractivity contribution in [2.45, 2.75) is 5.51 Å². The van der Waals surface area contributed by atoms with Crippen LogP contribution in [0.3, 0.4) is 0 Å². The molecule has 0 amide bonds. The normalized spacial score (nSPS) is 11.8. The Morgan fingerprint density at radius 3 is 2.14 bits per heavy atom. The first-order valence-electron chi connectivity index (χ1n) is 6.01. The zero-order valence-electron chi connectivity index (χ0n) is 12.1. The van der Waals surface area contributed by atoms with Gasteiger partial charge in [-0.15, -0.1) is 0 Å². The summed E-state index contributed by atoms with van der Waals surface area (Å²) in [6.07, 6.45) is 2.14. The lowest BCUT2D eigenvalue weighted by Crippen LogP contribution is -2.30. The fourth-order valence-corrected chi connectivity index (χ4v) is 1.64. The number of aromatic nitrogens is 1. The van der Waals surface area contributed by atoms with Crippen LogP contribution in [0.4, 0.5) is 18.9 Å². The highest BCUT2D eigenvalue weighted by atomic mass is 32.2. The molecule has 0 aliphatic heterocycles. The highest BCUT2D eigenvalue weighted by molar-refractivity contribution is 7.86. The average Bonchev–Trinajstić information content (AvgIpc) is 2.37. The van der Waals surface area contributed by atoms with Gasteiger partial charge in [0.1, 0.15) is 12.7 Å². The first-order valence-corrected chi connectivity index (χ1v) is 7.42. The van der Waals surface area contributed by atoms with Crippen LogP contribution < -0.4 is 9.47 Å². The van der Waals surface area contributed by atoms with E-state index in [4.69, 9.17) is 13.0 Å². The summed E-state index contributed by atoms with van der Waals surface area (Å²) in [5.41, 5.74) is -3.16. The number of halogens is 3. The summed E-state index contributed by atoms with van der Waals surface area (Å²) >= 11 is 0. The van der Waals surface area contributed by atoms with Gasteiger partial charge in [-0.05, 0) is 12.1 Å². The number of hydrogen-bond acceptors (Lipinski definition) is 4. The topological polar surface area (TPSA) is 64.3 Å². The van der Waals surface area contributed by atoms with Crippen LogP contribution in [0, 0.1) is 0 Å². The molecule has 2 rings (SSSR count). The third-order valence-electron chi connectivity index (χ3n) is 2.75. The van der Waals surface area contributed by atoms with Crippen LogP contribution in [0.2, 0.25) is 0 Å². The number of anilines is 1. The third kappa shape index (κ3) is 4.57. The molecule has 0 unspecified atom stereocenters. The van der Waals surface area contributed by atoms with Crippen molar-refractivity contribution in [3.8, 4) is 0 Å². The van der Waals surface area contributed by atoms with Crippen LogP contribution in [-0.4, -0.2) is 32.6 Å². The van der Waals surface area contributed by atoms with Crippen molar-refractivity contribution in [3.05, 3.63) is 36.5 Å². The Kier molecular flexibility index (Phi) is 5.36. The number of aryl methyl sites for hydroxylation is 1. The van der Waals surface area contributed by atoms with E-state index in [0.29, 0.717) is 0 Å². The molecule has 0 fully saturated rings. The Hall–Kier alpha value is -1.87. The van der Waals surface area contributed by atoms with E-state index < -0.39 is 15.6 Å². The number of alkyl halides is 3. The summed E-state index contributed by atoms with van der Waals surface area (Å²) in [4.78, 5) is 2.12. The Morgan fingerprint density at radius 2 is 1.68 bits per heavy atom. The van der Waals surface area contributed by atoms with E-state index in [0.717, 1.165) is 0 Å². The second-order valence-electron chi connectivity index (χ2n) is 4.66. The molecular formula is C13H15F3N2O3S. The number of pyridine rings is 1. The average molecular weight is 336 g/mol. The maximum atomic E-state index is 10.7. The number of nitrogens with zero attached hydrogens (tertiary/aromatic N) is 2. The van der Waals surface area contributed by atoms with E-state index >= 15 is 0 Å². The minimum Gasteiger partial charge on any atom is -0.741 e. The van der Waals surface area contributed by atoms with Gasteiger partial charge in [0.2, 0.25) is 5.52 Å². The van der Waals surface area contributed by atoms with Crippen LogP contribution in [0.25, 0.3) is 10.9 Å². The second kappa shape index (κ2) is 6.49. The number of para-hydroxylation sites is 1. The Bertz CT molecular complexity index is 759. The number of rotatable bonds is 1. The van der Waals surface area contributed by atoms with Crippen LogP contribution in [0.5, 0.6) is 0 Å². The molecule has 0 N–H and O–H groups in total. The smallest absolute Gasteiger partial charge is 0.485 e. The van der Waals surface area contributed by atoms with E-state index in [2.05, 4.69) is 67.1 Å². The molecule has 0 saturated heterocycles. The van der Waals surface area contributed by atoms with E-state index in [1.54, 1.807) is 0 Å². The van der Waals surface area contributed by atoms with Gasteiger partial charge < -0.3 is 9.45 Å². The fraction of sp³-hybridized carbons (Fsp3) is 0.308. The summed E-state index contributed by atoms with van der Waals surface area (Å²) in [5.74, 6) is 0. The lowest BCUT2D eigenvalue weighted by Gasteiger charge is -2.10. The zero-order chi connectivity index (χ0) is 17.1. The minimum atomic E-state index is -6.09. The third-order valence-corrected chi connectivity index (χ3v) is 3.31. The van der Waals surface area contributed by atoms with Crippen molar-refractivity contribution in [3.63, 3.8) is 0 Å². The molecule has 0 radical (unpaired) electrons. The molecule has 0 aliphatic rings. The largest absolute Gasteiger partial charge is 0.741 e. The molecule has 0 bridgehead atoms. The molecule has 1 aromatic carbocycles. The molecule has 22 heavy (non-hydrogen) atoms. The molecule has 0 atom stereocenters. The molecule has 5 nitrogen and oxygen atoms in total. The van der Waals surface area contributed by atoms with E-state index in [-0.39, 0.29) is 0 Å². The maximum absolute atomic E-state index is 10.7. The van der Waals surface area contributed by atoms with Crippen molar-refractivity contribution in [1.82, 2.24) is 0 Å². The van der Waals surface area contributed by atoms with Crippen molar-refractivity contribution in [2.75, 3.05) is 19.0 Å². The fourth-order valence-electron chi connectivity index (χ4n) is 1.64. The standard InChI is InChI=1S/C12H15N2.CHF3O3S/c1-13(2)11-8-10-6-4-5-7-12(10)14(3)9-11;2-1(3,4)8(5,6)7/h4-9H,1-3H3;(H,5,6,7)/q+1;/p-1. The zero-order valence-corrected chi connectivity index (χ0v) is 12.9. The lowest BCUT2D eigenvalue weighted by atomic mass is 10.2. The Morgan fingerprint density at radius 1 is 1.18 bits per heavy atom. The van der Waals surface area contributed by atoms with Crippen molar-refractivity contribution in [1.29, 1.82) is 0 Å². The second-order valence-corrected chi connectivity index (χ2v) is 6.03. The van der Waals surface area contributed by atoms with Crippen molar-refractivity contribution in [2.24, 2.45) is 7.05 Å². The summed E-state index contributed by atoms with van der Waals surface area (Å²) in [5, 5.41) is 1.28. The molecule has 0 spiro atoms. The van der Waals surface area contributed by atoms with Gasteiger partial charge in [0.05, 0.1) is 0 Å². The Balaban J connectivity index is 0.000000261. The predicted octanol–water partition coefficient (Wildman–Crippen LogP) is 1.78. The van der Waals surface area contributed by atoms with Crippen LogP contribution >= 0.6 is 0 Å². The monoisotopic (exact) mass is 336 g/mol. The maximum Gasteiger partial charge on any atom is 0.485 e. The molecule has 0 saturated carbocycles. The summed E-state index contributed by atoms with van der Waals surface area (Å²) in [6.45, 7) is 0. The summed E-state index contributed by atoms with van der Waals surface area (Å²) in [7, 11) is 0.108. The predicted molar refractivity (Wildman–Crippen MR) is 75.2 cm³/mol. The van der Waals surface area contributed by atoms with Crippen LogP contribution in [0.1, 0.15) is 0 Å². The van der Waals surface area contributed by atoms with Gasteiger partial charge in [0, 0.05) is 25.5 Å². The summed E-state index contributed by atoms with van der Waals surface area (Å²) in [6, 6.07) is 10.6. The molecular weight excluding hydrogens is 321 g/mol. The van der Waals surface area contributed by atoms with Crippen LogP contribution in [0.15, 0.2) is 36.5 Å². The first kappa shape index (κ1) is 18.2. The van der Waals surface area contributed by atoms with Gasteiger partial charge in [-0.1, -0.05) is 12.1 Å². The van der Waals surface area contributed by atoms with Gasteiger partial charge >= 0.3 is 5.51 Å². The lowest BCUT2D eigenvalue weighted by molar-refractivity contribution is -0.644. The molecule has 0 aliphatic carbocycles. The first-order chi connectivity index (χ1) is 9.93. The molecule has 9 heteroatoms. The van der Waals surface area contributed by atoms with E-state index in [1.807, 2.05) is 0 Å². The molecule has 122 valence electrons. The highest BCUT2D eigenvalue weighted by Crippen LogP contribution is 2.20.